The first-order chi connectivity index (χ1) is 9.06. The first kappa shape index (κ1) is 12.4. The first-order valence-corrected chi connectivity index (χ1v) is 6.70. The third kappa shape index (κ3) is 2.08. The summed E-state index contributed by atoms with van der Waals surface area (Å²) < 4.78 is 0. The van der Waals surface area contributed by atoms with Crippen LogP contribution in [0.15, 0.2) is 12.1 Å². The molecule has 1 aromatic rings. The van der Waals surface area contributed by atoms with Crippen molar-refractivity contribution in [2.24, 2.45) is 11.8 Å². The number of carboxylic acids is 1. The van der Waals surface area contributed by atoms with Crippen molar-refractivity contribution in [1.82, 2.24) is 4.98 Å². The molecule has 3 unspecified atom stereocenters. The lowest BCUT2D eigenvalue weighted by atomic mass is 10.00. The van der Waals surface area contributed by atoms with Crippen molar-refractivity contribution in [3.05, 3.63) is 23.4 Å². The van der Waals surface area contributed by atoms with Crippen molar-refractivity contribution < 1.29 is 15.0 Å². The van der Waals surface area contributed by atoms with Gasteiger partial charge in [-0.3, -0.25) is 0 Å². The van der Waals surface area contributed by atoms with E-state index in [1.807, 2.05) is 0 Å². The lowest BCUT2D eigenvalue weighted by molar-refractivity contribution is 0.0695. The molecule has 1 aromatic heterocycles. The maximum absolute atomic E-state index is 11.0. The summed E-state index contributed by atoms with van der Waals surface area (Å²) in [5, 5.41) is 18.9. The van der Waals surface area contributed by atoms with E-state index in [1.165, 1.54) is 0 Å². The van der Waals surface area contributed by atoms with E-state index in [0.717, 1.165) is 31.7 Å². The fourth-order valence-corrected chi connectivity index (χ4v) is 3.37. The molecule has 0 bridgehead atoms. The summed E-state index contributed by atoms with van der Waals surface area (Å²) in [6.45, 7) is 3.46. The number of aromatic carboxylic acids is 1. The van der Waals surface area contributed by atoms with Gasteiger partial charge in [-0.15, -0.1) is 0 Å². The lowest BCUT2D eigenvalue weighted by Crippen LogP contribution is -2.25. The van der Waals surface area contributed by atoms with Crippen LogP contribution in [0.4, 0.5) is 5.82 Å². The second-order valence-corrected chi connectivity index (χ2v) is 5.58. The molecule has 2 heterocycles. The summed E-state index contributed by atoms with van der Waals surface area (Å²) in [4.78, 5) is 17.5. The largest absolute Gasteiger partial charge is 0.478 e. The minimum Gasteiger partial charge on any atom is -0.478 e. The minimum absolute atomic E-state index is 0.186. The van der Waals surface area contributed by atoms with E-state index in [2.05, 4.69) is 9.88 Å². The lowest BCUT2D eigenvalue weighted by Gasteiger charge is -2.20. The van der Waals surface area contributed by atoms with Gasteiger partial charge in [0, 0.05) is 19.0 Å². The average molecular weight is 262 g/mol. The molecule has 2 aliphatic rings. The van der Waals surface area contributed by atoms with Crippen molar-refractivity contribution in [1.29, 1.82) is 0 Å². The Morgan fingerprint density at radius 3 is 2.79 bits per heavy atom. The van der Waals surface area contributed by atoms with Crippen LogP contribution in [-0.4, -0.2) is 40.4 Å². The highest BCUT2D eigenvalue weighted by molar-refractivity contribution is 5.89. The van der Waals surface area contributed by atoms with Gasteiger partial charge in [0.2, 0.25) is 0 Å². The van der Waals surface area contributed by atoms with Gasteiger partial charge >= 0.3 is 5.97 Å². The molecule has 0 amide bonds. The number of hydrogen-bond donors (Lipinski definition) is 2. The number of nitrogens with zero attached hydrogens (tertiary/aromatic N) is 2. The van der Waals surface area contributed by atoms with E-state index in [9.17, 15) is 9.90 Å². The zero-order valence-electron chi connectivity index (χ0n) is 10.9. The Labute approximate surface area is 111 Å². The topological polar surface area (TPSA) is 73.7 Å². The van der Waals surface area contributed by atoms with E-state index < -0.39 is 5.97 Å². The Morgan fingerprint density at radius 2 is 2.16 bits per heavy atom. The van der Waals surface area contributed by atoms with Crippen LogP contribution in [0.1, 0.15) is 28.9 Å². The third-order valence-electron chi connectivity index (χ3n) is 4.44. The molecule has 5 nitrogen and oxygen atoms in total. The van der Waals surface area contributed by atoms with Gasteiger partial charge in [-0.05, 0) is 37.8 Å². The summed E-state index contributed by atoms with van der Waals surface area (Å²) >= 11 is 0. The van der Waals surface area contributed by atoms with E-state index >= 15 is 0 Å². The highest BCUT2D eigenvalue weighted by Crippen LogP contribution is 2.39. The van der Waals surface area contributed by atoms with Gasteiger partial charge in [-0.2, -0.15) is 0 Å². The number of aryl methyl sites for hydroxylation is 1. The molecule has 5 heteroatoms. The second-order valence-electron chi connectivity index (χ2n) is 5.58. The fraction of sp³-hybridized carbons (Fsp3) is 0.571. The number of fused-ring (bicyclic) bond motifs is 1. The Hall–Kier alpha value is -1.62. The summed E-state index contributed by atoms with van der Waals surface area (Å²) in [5.74, 6) is 0.784. The summed E-state index contributed by atoms with van der Waals surface area (Å²) in [6.07, 6.45) is 1.80. The van der Waals surface area contributed by atoms with Gasteiger partial charge < -0.3 is 15.1 Å². The number of carboxylic acid groups (broad SMARTS) is 1. The van der Waals surface area contributed by atoms with E-state index in [0.29, 0.717) is 17.5 Å². The highest BCUT2D eigenvalue weighted by atomic mass is 16.4. The van der Waals surface area contributed by atoms with Gasteiger partial charge in [-0.25, -0.2) is 9.78 Å². The van der Waals surface area contributed by atoms with E-state index in [-0.39, 0.29) is 11.7 Å². The molecule has 2 N–H and O–H groups in total. The molecule has 1 saturated heterocycles. The van der Waals surface area contributed by atoms with Crippen molar-refractivity contribution in [2.45, 2.75) is 25.9 Å². The van der Waals surface area contributed by atoms with Crippen LogP contribution in [0.5, 0.6) is 0 Å². The number of aliphatic hydroxyl groups is 1. The molecular formula is C14H18N2O3. The molecule has 0 spiro atoms. The van der Waals surface area contributed by atoms with Crippen molar-refractivity contribution in [3.63, 3.8) is 0 Å². The number of pyridine rings is 1. The van der Waals surface area contributed by atoms with Gasteiger partial charge in [-0.1, -0.05) is 0 Å². The minimum atomic E-state index is -0.940. The number of aliphatic hydroxyl groups excluding tert-OH is 1. The maximum atomic E-state index is 11.0. The Bertz CT molecular complexity index is 517. The summed E-state index contributed by atoms with van der Waals surface area (Å²) in [5.41, 5.74) is 0.797. The van der Waals surface area contributed by atoms with Crippen LogP contribution in [0.3, 0.4) is 0 Å². The molecule has 1 aliphatic heterocycles. The zero-order chi connectivity index (χ0) is 13.6. The van der Waals surface area contributed by atoms with Crippen LogP contribution >= 0.6 is 0 Å². The number of aromatic nitrogens is 1. The Balaban J connectivity index is 1.81. The van der Waals surface area contributed by atoms with Crippen molar-refractivity contribution in [3.8, 4) is 0 Å². The zero-order valence-corrected chi connectivity index (χ0v) is 10.9. The number of rotatable bonds is 2. The number of carbonyl (C=O) groups is 1. The number of anilines is 1. The Kier molecular flexibility index (Phi) is 2.93. The second kappa shape index (κ2) is 4.49. The molecule has 1 saturated carbocycles. The van der Waals surface area contributed by atoms with Gasteiger partial charge in [0.05, 0.1) is 17.4 Å². The standard InChI is InChI=1S/C14H18N2O3/c1-8-10(14(18)19)3-5-13(15-8)16-6-9-2-4-12(17)11(9)7-16/h3,5,9,11-12,17H,2,4,6-7H2,1H3,(H,18,19). The SMILES string of the molecule is Cc1nc(N2CC3CCC(O)C3C2)ccc1C(=O)O. The molecule has 0 aromatic carbocycles. The smallest absolute Gasteiger partial charge is 0.337 e. The normalized spacial score (nSPS) is 29.6. The van der Waals surface area contributed by atoms with Crippen molar-refractivity contribution in [2.75, 3.05) is 18.0 Å². The molecular weight excluding hydrogens is 244 g/mol. The van der Waals surface area contributed by atoms with E-state index in [1.54, 1.807) is 19.1 Å². The van der Waals surface area contributed by atoms with Crippen LogP contribution in [0, 0.1) is 18.8 Å². The molecule has 3 rings (SSSR count). The van der Waals surface area contributed by atoms with E-state index in [4.69, 9.17) is 5.11 Å². The molecule has 2 fully saturated rings. The predicted molar refractivity (Wildman–Crippen MR) is 70.4 cm³/mol. The number of hydrogen-bond acceptors (Lipinski definition) is 4. The molecule has 1 aliphatic carbocycles. The molecule has 102 valence electrons. The maximum Gasteiger partial charge on any atom is 0.337 e. The first-order valence-electron chi connectivity index (χ1n) is 6.70. The molecule has 3 atom stereocenters. The Morgan fingerprint density at radius 1 is 1.37 bits per heavy atom. The van der Waals surface area contributed by atoms with Gasteiger partial charge in [0.1, 0.15) is 5.82 Å². The van der Waals surface area contributed by atoms with Crippen LogP contribution in [0.2, 0.25) is 0 Å². The highest BCUT2D eigenvalue weighted by Gasteiger charge is 2.42. The van der Waals surface area contributed by atoms with Crippen LogP contribution in [-0.2, 0) is 0 Å². The average Bonchev–Trinajstić information content (AvgIpc) is 2.91. The summed E-state index contributed by atoms with van der Waals surface area (Å²) in [6, 6.07) is 3.38. The summed E-state index contributed by atoms with van der Waals surface area (Å²) in [7, 11) is 0. The van der Waals surface area contributed by atoms with Gasteiger partial charge in [0.25, 0.3) is 0 Å². The van der Waals surface area contributed by atoms with Crippen LogP contribution in [0.25, 0.3) is 0 Å². The van der Waals surface area contributed by atoms with Crippen molar-refractivity contribution >= 4 is 11.8 Å². The van der Waals surface area contributed by atoms with Crippen LogP contribution < -0.4 is 4.90 Å². The molecule has 19 heavy (non-hydrogen) atoms. The quantitative estimate of drug-likeness (QED) is 0.840. The fourth-order valence-electron chi connectivity index (χ4n) is 3.37. The monoisotopic (exact) mass is 262 g/mol. The predicted octanol–water partition coefficient (Wildman–Crippen LogP) is 1.30. The van der Waals surface area contributed by atoms with Gasteiger partial charge in [0.15, 0.2) is 0 Å². The third-order valence-corrected chi connectivity index (χ3v) is 4.44. The molecule has 0 radical (unpaired) electrons.